The second-order valence-electron chi connectivity index (χ2n) is 6.79. The molecule has 2 aromatic carbocycles. The van der Waals surface area contributed by atoms with Crippen LogP contribution in [0.1, 0.15) is 42.7 Å². The summed E-state index contributed by atoms with van der Waals surface area (Å²) in [5, 5.41) is 9.06. The Bertz CT molecular complexity index is 1170. The molecular weight excluding hydrogens is 406 g/mol. The van der Waals surface area contributed by atoms with Crippen LogP contribution in [0.15, 0.2) is 58.4 Å². The number of nitrogens with zero attached hydrogens (tertiary/aromatic N) is 3. The summed E-state index contributed by atoms with van der Waals surface area (Å²) in [5.74, 6) is -0.669. The highest BCUT2D eigenvalue weighted by atomic mass is 19.3. The van der Waals surface area contributed by atoms with Gasteiger partial charge in [-0.05, 0) is 31.5 Å². The van der Waals surface area contributed by atoms with E-state index in [1.807, 2.05) is 6.92 Å². The fraction of sp³-hybridized carbons (Fsp3) is 0.273. The molecule has 7 nitrogen and oxygen atoms in total. The lowest BCUT2D eigenvalue weighted by Crippen LogP contribution is -2.29. The zero-order chi connectivity index (χ0) is 22.4. The molecule has 3 aromatic rings. The average molecular weight is 428 g/mol. The molecule has 31 heavy (non-hydrogen) atoms. The van der Waals surface area contributed by atoms with Crippen LogP contribution < -0.4 is 15.7 Å². The third kappa shape index (κ3) is 5.11. The van der Waals surface area contributed by atoms with E-state index in [2.05, 4.69) is 20.4 Å². The number of para-hydroxylation sites is 1. The summed E-state index contributed by atoms with van der Waals surface area (Å²) in [6, 6.07) is 12.9. The number of hydrogen-bond donors (Lipinski definition) is 1. The zero-order valence-corrected chi connectivity index (χ0v) is 17.1. The second kappa shape index (κ2) is 9.92. The molecule has 1 N–H and O–H groups in total. The Morgan fingerprint density at radius 3 is 2.55 bits per heavy atom. The van der Waals surface area contributed by atoms with Gasteiger partial charge in [-0.1, -0.05) is 43.7 Å². The van der Waals surface area contributed by atoms with Crippen molar-refractivity contribution in [3.63, 3.8) is 0 Å². The Hall–Kier alpha value is -3.62. The number of hydrazone groups is 1. The molecule has 0 saturated carbocycles. The number of ether oxygens (including phenoxy) is 1. The molecule has 0 aliphatic carbocycles. The van der Waals surface area contributed by atoms with E-state index in [-0.39, 0.29) is 22.7 Å². The van der Waals surface area contributed by atoms with Crippen LogP contribution in [0.25, 0.3) is 10.8 Å². The van der Waals surface area contributed by atoms with Gasteiger partial charge >= 0.3 is 6.61 Å². The first-order valence-electron chi connectivity index (χ1n) is 9.81. The van der Waals surface area contributed by atoms with E-state index in [0.717, 1.165) is 12.8 Å². The monoisotopic (exact) mass is 428 g/mol. The smallest absolute Gasteiger partial charge is 0.387 e. The number of aromatic nitrogens is 2. The van der Waals surface area contributed by atoms with Gasteiger partial charge in [0, 0.05) is 17.5 Å². The molecule has 162 valence electrons. The quantitative estimate of drug-likeness (QED) is 0.435. The van der Waals surface area contributed by atoms with Gasteiger partial charge in [-0.15, -0.1) is 0 Å². The number of amides is 1. The summed E-state index contributed by atoms with van der Waals surface area (Å²) < 4.78 is 31.1. The van der Waals surface area contributed by atoms with Crippen LogP contribution >= 0.6 is 0 Å². The SMILES string of the molecule is CCCCn1nc(C(=O)N/N=C(\C)c2ccccc2OC(F)F)c2ccccc2c1=O. The molecule has 0 aliphatic heterocycles. The summed E-state index contributed by atoms with van der Waals surface area (Å²) in [4.78, 5) is 25.5. The number of halogens is 2. The van der Waals surface area contributed by atoms with Gasteiger partial charge in [-0.2, -0.15) is 19.0 Å². The maximum atomic E-state index is 12.8. The Morgan fingerprint density at radius 1 is 1.16 bits per heavy atom. The number of hydrogen-bond acceptors (Lipinski definition) is 5. The van der Waals surface area contributed by atoms with Crippen LogP contribution in [0, 0.1) is 0 Å². The summed E-state index contributed by atoms with van der Waals surface area (Å²) in [6.45, 7) is 0.957. The first-order valence-corrected chi connectivity index (χ1v) is 9.81. The Labute approximate surface area is 177 Å². The summed E-state index contributed by atoms with van der Waals surface area (Å²) in [5.41, 5.74) is 2.78. The fourth-order valence-electron chi connectivity index (χ4n) is 3.07. The van der Waals surface area contributed by atoms with Gasteiger partial charge in [-0.3, -0.25) is 9.59 Å². The van der Waals surface area contributed by atoms with Crippen molar-refractivity contribution in [2.45, 2.75) is 39.8 Å². The van der Waals surface area contributed by atoms with Crippen molar-refractivity contribution in [2.24, 2.45) is 5.10 Å². The highest BCUT2D eigenvalue weighted by Gasteiger charge is 2.17. The van der Waals surface area contributed by atoms with Crippen molar-refractivity contribution in [3.8, 4) is 5.75 Å². The van der Waals surface area contributed by atoms with Crippen LogP contribution in [0.5, 0.6) is 5.75 Å². The molecule has 0 radical (unpaired) electrons. The normalized spacial score (nSPS) is 11.7. The first kappa shape index (κ1) is 22.1. The molecule has 1 aromatic heterocycles. The number of aryl methyl sites for hydroxylation is 1. The molecule has 1 amide bonds. The predicted molar refractivity (Wildman–Crippen MR) is 114 cm³/mol. The van der Waals surface area contributed by atoms with Crippen molar-refractivity contribution < 1.29 is 18.3 Å². The summed E-state index contributed by atoms with van der Waals surface area (Å²) in [6.07, 6.45) is 1.61. The highest BCUT2D eigenvalue weighted by Crippen LogP contribution is 2.21. The minimum Gasteiger partial charge on any atom is -0.434 e. The lowest BCUT2D eigenvalue weighted by atomic mass is 10.1. The van der Waals surface area contributed by atoms with Gasteiger partial charge in [0.2, 0.25) is 0 Å². The van der Waals surface area contributed by atoms with Crippen molar-refractivity contribution in [1.82, 2.24) is 15.2 Å². The van der Waals surface area contributed by atoms with Crippen LogP contribution in [0.4, 0.5) is 8.78 Å². The predicted octanol–water partition coefficient (Wildman–Crippen LogP) is 3.95. The van der Waals surface area contributed by atoms with Crippen molar-refractivity contribution in [2.75, 3.05) is 0 Å². The van der Waals surface area contributed by atoms with Crippen LogP contribution in [-0.4, -0.2) is 28.0 Å². The lowest BCUT2D eigenvalue weighted by molar-refractivity contribution is -0.0499. The third-order valence-corrected chi connectivity index (χ3v) is 4.62. The van der Waals surface area contributed by atoms with Crippen LogP contribution in [0.2, 0.25) is 0 Å². The molecule has 0 spiro atoms. The maximum Gasteiger partial charge on any atom is 0.387 e. The van der Waals surface area contributed by atoms with Crippen molar-refractivity contribution in [3.05, 3.63) is 70.1 Å². The second-order valence-corrected chi connectivity index (χ2v) is 6.79. The number of alkyl halides is 2. The Kier molecular flexibility index (Phi) is 7.07. The van der Waals surface area contributed by atoms with E-state index in [1.165, 1.54) is 10.7 Å². The Morgan fingerprint density at radius 2 is 1.84 bits per heavy atom. The lowest BCUT2D eigenvalue weighted by Gasteiger charge is -2.11. The molecule has 3 rings (SSSR count). The van der Waals surface area contributed by atoms with Crippen molar-refractivity contribution >= 4 is 22.4 Å². The van der Waals surface area contributed by atoms with E-state index >= 15 is 0 Å². The molecule has 0 bridgehead atoms. The minimum atomic E-state index is -2.98. The fourth-order valence-corrected chi connectivity index (χ4v) is 3.07. The number of unbranched alkanes of at least 4 members (excludes halogenated alkanes) is 1. The average Bonchev–Trinajstić information content (AvgIpc) is 2.77. The van der Waals surface area contributed by atoms with Crippen LogP contribution in [-0.2, 0) is 6.54 Å². The van der Waals surface area contributed by atoms with Gasteiger partial charge in [-0.25, -0.2) is 10.1 Å². The summed E-state index contributed by atoms with van der Waals surface area (Å²) >= 11 is 0. The van der Waals surface area contributed by atoms with Crippen LogP contribution in [0.3, 0.4) is 0 Å². The molecule has 0 fully saturated rings. The van der Waals surface area contributed by atoms with E-state index in [4.69, 9.17) is 0 Å². The van der Waals surface area contributed by atoms with E-state index in [9.17, 15) is 18.4 Å². The van der Waals surface area contributed by atoms with Crippen molar-refractivity contribution in [1.29, 1.82) is 0 Å². The number of carbonyl (C=O) groups is 1. The zero-order valence-electron chi connectivity index (χ0n) is 17.1. The van der Waals surface area contributed by atoms with Gasteiger partial charge in [0.1, 0.15) is 5.75 Å². The maximum absolute atomic E-state index is 12.8. The van der Waals surface area contributed by atoms with Gasteiger partial charge in [0.25, 0.3) is 11.5 Å². The van der Waals surface area contributed by atoms with Gasteiger partial charge in [0.15, 0.2) is 5.69 Å². The molecule has 0 unspecified atom stereocenters. The molecule has 0 atom stereocenters. The molecule has 9 heteroatoms. The number of carbonyl (C=O) groups excluding carboxylic acids is 1. The standard InChI is InChI=1S/C22H22F2N4O3/c1-3-4-13-28-21(30)17-11-6-5-10-16(17)19(27-28)20(29)26-25-14(2)15-9-7-8-12-18(15)31-22(23)24/h5-12,22H,3-4,13H2,1-2H3,(H,26,29)/b25-14+. The largest absolute Gasteiger partial charge is 0.434 e. The Balaban J connectivity index is 1.94. The number of nitrogens with one attached hydrogen (secondary N) is 1. The van der Waals surface area contributed by atoms with E-state index in [1.54, 1.807) is 49.4 Å². The molecule has 0 saturated heterocycles. The summed E-state index contributed by atoms with van der Waals surface area (Å²) in [7, 11) is 0. The number of benzene rings is 2. The van der Waals surface area contributed by atoms with Gasteiger partial charge < -0.3 is 4.74 Å². The topological polar surface area (TPSA) is 85.6 Å². The highest BCUT2D eigenvalue weighted by molar-refractivity contribution is 6.06. The number of rotatable bonds is 8. The van der Waals surface area contributed by atoms with E-state index < -0.39 is 12.5 Å². The minimum absolute atomic E-state index is 0.0512. The van der Waals surface area contributed by atoms with E-state index in [0.29, 0.717) is 22.9 Å². The third-order valence-electron chi connectivity index (χ3n) is 4.62. The molecular formula is C22H22F2N4O3. The first-order chi connectivity index (χ1) is 14.9. The van der Waals surface area contributed by atoms with Gasteiger partial charge in [0.05, 0.1) is 11.1 Å². The molecule has 1 heterocycles. The number of fused-ring (bicyclic) bond motifs is 1. The molecule has 0 aliphatic rings.